The van der Waals surface area contributed by atoms with Crippen molar-refractivity contribution in [3.8, 4) is 0 Å². The van der Waals surface area contributed by atoms with Crippen LogP contribution in [0, 0.1) is 13.8 Å². The lowest BCUT2D eigenvalue weighted by Gasteiger charge is -2.14. The van der Waals surface area contributed by atoms with E-state index in [1.165, 1.54) is 0 Å². The molecule has 1 aliphatic heterocycles. The molecule has 0 spiro atoms. The van der Waals surface area contributed by atoms with Crippen LogP contribution in [0.25, 0.3) is 0 Å². The van der Waals surface area contributed by atoms with Gasteiger partial charge in [0, 0.05) is 6.54 Å². The molecule has 1 aliphatic rings. The van der Waals surface area contributed by atoms with Crippen molar-refractivity contribution >= 4 is 21.6 Å². The van der Waals surface area contributed by atoms with Gasteiger partial charge < -0.3 is 10.4 Å². The Morgan fingerprint density at radius 2 is 2.10 bits per heavy atom. The van der Waals surface area contributed by atoms with Gasteiger partial charge in [0.05, 0.1) is 16.7 Å². The number of sulfone groups is 1. The summed E-state index contributed by atoms with van der Waals surface area (Å²) in [7, 11) is -3.07. The number of aromatic carboxylic acids is 1. The standard InChI is InChI=1S/C12H17N3O4S/c1-7-8(2)14-15-11(10(7)12(16)17)13-6-9-4-3-5-20(9,18)19/h9H,3-6H2,1-2H3,(H,13,15)(H,16,17). The van der Waals surface area contributed by atoms with E-state index in [-0.39, 0.29) is 23.7 Å². The van der Waals surface area contributed by atoms with Crippen LogP contribution in [-0.4, -0.2) is 47.2 Å². The van der Waals surface area contributed by atoms with Crippen LogP contribution < -0.4 is 5.32 Å². The second kappa shape index (κ2) is 5.35. The van der Waals surface area contributed by atoms with Crippen LogP contribution in [0.4, 0.5) is 5.82 Å². The third kappa shape index (κ3) is 2.74. The van der Waals surface area contributed by atoms with E-state index < -0.39 is 21.1 Å². The summed E-state index contributed by atoms with van der Waals surface area (Å²) in [6.45, 7) is 3.50. The molecule has 20 heavy (non-hydrogen) atoms. The van der Waals surface area contributed by atoms with Gasteiger partial charge in [0.1, 0.15) is 5.56 Å². The molecule has 0 radical (unpaired) electrons. The van der Waals surface area contributed by atoms with Gasteiger partial charge in [0.15, 0.2) is 15.7 Å². The van der Waals surface area contributed by atoms with Gasteiger partial charge in [0.2, 0.25) is 0 Å². The Hall–Kier alpha value is -1.70. The third-order valence-corrected chi connectivity index (χ3v) is 5.90. The molecule has 1 aromatic rings. The maximum Gasteiger partial charge on any atom is 0.339 e. The second-order valence-electron chi connectivity index (χ2n) is 4.95. The molecule has 0 saturated carbocycles. The van der Waals surface area contributed by atoms with Crippen molar-refractivity contribution in [3.63, 3.8) is 0 Å². The molecule has 1 atom stereocenters. The van der Waals surface area contributed by atoms with E-state index in [4.69, 9.17) is 0 Å². The maximum absolute atomic E-state index is 11.7. The van der Waals surface area contributed by atoms with Crippen LogP contribution in [0.3, 0.4) is 0 Å². The minimum Gasteiger partial charge on any atom is -0.478 e. The van der Waals surface area contributed by atoms with Gasteiger partial charge in [-0.25, -0.2) is 13.2 Å². The van der Waals surface area contributed by atoms with E-state index in [0.717, 1.165) is 0 Å². The van der Waals surface area contributed by atoms with E-state index in [0.29, 0.717) is 24.1 Å². The summed E-state index contributed by atoms with van der Waals surface area (Å²) in [4.78, 5) is 11.3. The predicted octanol–water partition coefficient (Wildman–Crippen LogP) is 0.781. The molecule has 0 bridgehead atoms. The predicted molar refractivity (Wildman–Crippen MR) is 73.8 cm³/mol. The molecule has 2 rings (SSSR count). The van der Waals surface area contributed by atoms with E-state index >= 15 is 0 Å². The highest BCUT2D eigenvalue weighted by molar-refractivity contribution is 7.92. The molecule has 1 saturated heterocycles. The first-order chi connectivity index (χ1) is 9.33. The smallest absolute Gasteiger partial charge is 0.339 e. The maximum atomic E-state index is 11.7. The quantitative estimate of drug-likeness (QED) is 0.845. The van der Waals surface area contributed by atoms with Gasteiger partial charge in [-0.05, 0) is 32.3 Å². The van der Waals surface area contributed by atoms with Gasteiger partial charge in [-0.1, -0.05) is 0 Å². The number of carbonyl (C=O) groups is 1. The van der Waals surface area contributed by atoms with E-state index in [1.807, 2.05) is 0 Å². The molecule has 110 valence electrons. The Labute approximate surface area is 117 Å². The second-order valence-corrected chi connectivity index (χ2v) is 7.35. The van der Waals surface area contributed by atoms with Crippen molar-refractivity contribution in [2.75, 3.05) is 17.6 Å². The monoisotopic (exact) mass is 299 g/mol. The number of rotatable bonds is 4. The normalized spacial score (nSPS) is 20.8. The number of hydrogen-bond donors (Lipinski definition) is 2. The molecule has 8 heteroatoms. The zero-order chi connectivity index (χ0) is 14.9. The van der Waals surface area contributed by atoms with Crippen molar-refractivity contribution in [2.45, 2.75) is 31.9 Å². The topological polar surface area (TPSA) is 109 Å². The number of aryl methyl sites for hydroxylation is 1. The van der Waals surface area contributed by atoms with Crippen LogP contribution in [-0.2, 0) is 9.84 Å². The van der Waals surface area contributed by atoms with E-state index in [9.17, 15) is 18.3 Å². The molecule has 2 heterocycles. The van der Waals surface area contributed by atoms with Crippen molar-refractivity contribution < 1.29 is 18.3 Å². The fourth-order valence-electron chi connectivity index (χ4n) is 2.29. The molecule has 1 unspecified atom stereocenters. The molecular weight excluding hydrogens is 282 g/mol. The van der Waals surface area contributed by atoms with Gasteiger partial charge in [0.25, 0.3) is 0 Å². The number of nitrogens with one attached hydrogen (secondary N) is 1. The Morgan fingerprint density at radius 3 is 2.65 bits per heavy atom. The average Bonchev–Trinajstić information content (AvgIpc) is 2.69. The highest BCUT2D eigenvalue weighted by Crippen LogP contribution is 2.22. The van der Waals surface area contributed by atoms with Crippen molar-refractivity contribution in [3.05, 3.63) is 16.8 Å². The molecule has 1 fully saturated rings. The largest absolute Gasteiger partial charge is 0.478 e. The van der Waals surface area contributed by atoms with Gasteiger partial charge in [-0.15, -0.1) is 5.10 Å². The first-order valence-electron chi connectivity index (χ1n) is 6.35. The third-order valence-electron chi connectivity index (χ3n) is 3.63. The Bertz CT molecular complexity index is 642. The van der Waals surface area contributed by atoms with Crippen LogP contribution in [0.1, 0.15) is 34.5 Å². The fourth-order valence-corrected chi connectivity index (χ4v) is 4.06. The summed E-state index contributed by atoms with van der Waals surface area (Å²) in [5.41, 5.74) is 1.12. The lowest BCUT2D eigenvalue weighted by atomic mass is 10.1. The Balaban J connectivity index is 2.22. The van der Waals surface area contributed by atoms with Crippen LogP contribution in [0.15, 0.2) is 0 Å². The van der Waals surface area contributed by atoms with E-state index in [1.54, 1.807) is 13.8 Å². The molecule has 7 nitrogen and oxygen atoms in total. The molecule has 1 aromatic heterocycles. The van der Waals surface area contributed by atoms with Gasteiger partial charge in [-0.3, -0.25) is 0 Å². The lowest BCUT2D eigenvalue weighted by Crippen LogP contribution is -2.26. The number of carboxylic acids is 1. The van der Waals surface area contributed by atoms with E-state index in [2.05, 4.69) is 15.5 Å². The van der Waals surface area contributed by atoms with Crippen LogP contribution in [0.5, 0.6) is 0 Å². The highest BCUT2D eigenvalue weighted by Gasteiger charge is 2.31. The van der Waals surface area contributed by atoms with Gasteiger partial charge in [-0.2, -0.15) is 5.10 Å². The summed E-state index contributed by atoms with van der Waals surface area (Å²) in [5.74, 6) is -0.774. The first kappa shape index (κ1) is 14.7. The summed E-state index contributed by atoms with van der Waals surface area (Å²) >= 11 is 0. The first-order valence-corrected chi connectivity index (χ1v) is 8.07. The molecule has 0 aromatic carbocycles. The summed E-state index contributed by atoms with van der Waals surface area (Å²) in [5, 5.41) is 19.3. The summed E-state index contributed by atoms with van der Waals surface area (Å²) in [6, 6.07) is 0. The van der Waals surface area contributed by atoms with Crippen LogP contribution in [0.2, 0.25) is 0 Å². The number of carboxylic acid groups (broad SMARTS) is 1. The van der Waals surface area contributed by atoms with Crippen LogP contribution >= 0.6 is 0 Å². The fraction of sp³-hybridized carbons (Fsp3) is 0.583. The number of nitrogens with zero attached hydrogens (tertiary/aromatic N) is 2. The Kier molecular flexibility index (Phi) is 3.94. The summed E-state index contributed by atoms with van der Waals surface area (Å²) in [6.07, 6.45) is 1.25. The molecule has 2 N–H and O–H groups in total. The minimum atomic E-state index is -3.07. The summed E-state index contributed by atoms with van der Waals surface area (Å²) < 4.78 is 23.5. The number of anilines is 1. The zero-order valence-electron chi connectivity index (χ0n) is 11.4. The highest BCUT2D eigenvalue weighted by atomic mass is 32.2. The van der Waals surface area contributed by atoms with Crippen molar-refractivity contribution in [1.82, 2.24) is 10.2 Å². The zero-order valence-corrected chi connectivity index (χ0v) is 12.2. The lowest BCUT2D eigenvalue weighted by molar-refractivity contribution is 0.0696. The number of hydrogen-bond acceptors (Lipinski definition) is 6. The Morgan fingerprint density at radius 1 is 1.40 bits per heavy atom. The molecular formula is C12H17N3O4S. The average molecular weight is 299 g/mol. The van der Waals surface area contributed by atoms with Crippen molar-refractivity contribution in [2.24, 2.45) is 0 Å². The SMILES string of the molecule is Cc1nnc(NCC2CCCS2(=O)=O)c(C(=O)O)c1C. The minimum absolute atomic E-state index is 0.0490. The molecule has 0 amide bonds. The van der Waals surface area contributed by atoms with Crippen molar-refractivity contribution in [1.29, 1.82) is 0 Å². The number of aromatic nitrogens is 2. The van der Waals surface area contributed by atoms with Gasteiger partial charge >= 0.3 is 5.97 Å². The molecule has 0 aliphatic carbocycles.